The van der Waals surface area contributed by atoms with Crippen LogP contribution in [-0.2, 0) is 11.2 Å². The summed E-state index contributed by atoms with van der Waals surface area (Å²) in [6.45, 7) is 0.913. The number of hydrogen-bond acceptors (Lipinski definition) is 4. The summed E-state index contributed by atoms with van der Waals surface area (Å²) in [4.78, 5) is 17.6. The second kappa shape index (κ2) is 7.22. The molecule has 22 heavy (non-hydrogen) atoms. The monoisotopic (exact) mass is 335 g/mol. The number of carbonyl (C=O) groups is 1. The molecule has 1 aliphatic rings. The van der Waals surface area contributed by atoms with E-state index in [0.29, 0.717) is 5.13 Å². The first kappa shape index (κ1) is 15.5. The lowest BCUT2D eigenvalue weighted by atomic mass is 10.0. The zero-order chi connectivity index (χ0) is 15.4. The van der Waals surface area contributed by atoms with Gasteiger partial charge in [-0.25, -0.2) is 4.98 Å². The van der Waals surface area contributed by atoms with Crippen LogP contribution in [-0.4, -0.2) is 23.5 Å². The van der Waals surface area contributed by atoms with E-state index in [4.69, 9.17) is 11.6 Å². The van der Waals surface area contributed by atoms with Crippen LogP contribution in [0.3, 0.4) is 0 Å². The van der Waals surface area contributed by atoms with Gasteiger partial charge in [0, 0.05) is 22.5 Å². The molecule has 1 aromatic heterocycles. The molecule has 0 radical (unpaired) electrons. The lowest BCUT2D eigenvalue weighted by molar-refractivity contribution is -0.118. The number of benzene rings is 1. The van der Waals surface area contributed by atoms with E-state index >= 15 is 0 Å². The van der Waals surface area contributed by atoms with E-state index in [1.807, 2.05) is 30.5 Å². The van der Waals surface area contributed by atoms with Gasteiger partial charge >= 0.3 is 0 Å². The van der Waals surface area contributed by atoms with Crippen LogP contribution in [0.15, 0.2) is 30.5 Å². The lowest BCUT2D eigenvalue weighted by Gasteiger charge is -2.21. The summed E-state index contributed by atoms with van der Waals surface area (Å²) in [5, 5.41) is 7.55. The fourth-order valence-electron chi connectivity index (χ4n) is 2.56. The van der Waals surface area contributed by atoms with Gasteiger partial charge in [-0.05, 0) is 37.1 Å². The first-order chi connectivity index (χ1) is 10.7. The van der Waals surface area contributed by atoms with Crippen molar-refractivity contribution in [3.8, 4) is 0 Å². The van der Waals surface area contributed by atoms with E-state index < -0.39 is 0 Å². The van der Waals surface area contributed by atoms with Crippen LogP contribution in [0.4, 0.5) is 5.13 Å². The Morgan fingerprint density at radius 1 is 1.45 bits per heavy atom. The van der Waals surface area contributed by atoms with E-state index in [9.17, 15) is 4.79 Å². The minimum atomic E-state index is -0.0889. The third kappa shape index (κ3) is 4.06. The van der Waals surface area contributed by atoms with Gasteiger partial charge in [0.05, 0.1) is 6.04 Å². The molecule has 1 saturated heterocycles. The normalized spacial score (nSPS) is 18.1. The highest BCUT2D eigenvalue weighted by Crippen LogP contribution is 2.23. The Morgan fingerprint density at radius 2 is 2.36 bits per heavy atom. The number of nitrogens with one attached hydrogen (secondary N) is 2. The Bertz CT molecular complexity index is 652. The lowest BCUT2D eigenvalue weighted by Crippen LogP contribution is -2.43. The molecular weight excluding hydrogens is 318 g/mol. The molecule has 2 heterocycles. The van der Waals surface area contributed by atoms with E-state index in [-0.39, 0.29) is 11.9 Å². The Kier molecular flexibility index (Phi) is 5.08. The Hall–Kier alpha value is -1.43. The van der Waals surface area contributed by atoms with Gasteiger partial charge in [0.25, 0.3) is 0 Å². The summed E-state index contributed by atoms with van der Waals surface area (Å²) < 4.78 is 0. The molecule has 1 amide bonds. The zero-order valence-electron chi connectivity index (χ0n) is 12.1. The van der Waals surface area contributed by atoms with Crippen molar-refractivity contribution in [2.24, 2.45) is 0 Å². The van der Waals surface area contributed by atoms with Gasteiger partial charge in [-0.2, -0.15) is 0 Å². The van der Waals surface area contributed by atoms with Gasteiger partial charge in [0.1, 0.15) is 0 Å². The zero-order valence-corrected chi connectivity index (χ0v) is 13.7. The molecule has 0 saturated carbocycles. The van der Waals surface area contributed by atoms with Crippen LogP contribution in [0.25, 0.3) is 0 Å². The quantitative estimate of drug-likeness (QED) is 0.899. The van der Waals surface area contributed by atoms with Gasteiger partial charge in [-0.3, -0.25) is 4.79 Å². The van der Waals surface area contributed by atoms with Crippen LogP contribution in [0.2, 0.25) is 5.02 Å². The van der Waals surface area contributed by atoms with E-state index in [0.717, 1.165) is 47.7 Å². The molecule has 0 spiro atoms. The second-order valence-electron chi connectivity index (χ2n) is 5.43. The van der Waals surface area contributed by atoms with Crippen molar-refractivity contribution in [2.45, 2.75) is 31.7 Å². The average molecular weight is 336 g/mol. The van der Waals surface area contributed by atoms with Crippen LogP contribution < -0.4 is 10.6 Å². The number of rotatable bonds is 4. The maximum absolute atomic E-state index is 12.2. The molecule has 6 heteroatoms. The van der Waals surface area contributed by atoms with Crippen molar-refractivity contribution in [1.82, 2.24) is 10.3 Å². The summed E-state index contributed by atoms with van der Waals surface area (Å²) in [6, 6.07) is 7.70. The SMILES string of the molecule is O=C(Nc1ncc(Cc2cccc(Cl)c2)s1)C1CCCCN1. The van der Waals surface area contributed by atoms with E-state index in [1.54, 1.807) is 0 Å². The predicted molar refractivity (Wildman–Crippen MR) is 90.6 cm³/mol. The average Bonchev–Trinajstić information content (AvgIpc) is 2.95. The van der Waals surface area contributed by atoms with Crippen molar-refractivity contribution in [2.75, 3.05) is 11.9 Å². The van der Waals surface area contributed by atoms with Crippen molar-refractivity contribution in [3.05, 3.63) is 45.9 Å². The van der Waals surface area contributed by atoms with Crippen LogP contribution in [0, 0.1) is 0 Å². The van der Waals surface area contributed by atoms with Crippen LogP contribution >= 0.6 is 22.9 Å². The second-order valence-corrected chi connectivity index (χ2v) is 6.98. The number of halogens is 1. The fourth-order valence-corrected chi connectivity index (χ4v) is 3.63. The molecule has 1 aromatic carbocycles. The molecule has 3 rings (SSSR count). The molecule has 116 valence electrons. The molecule has 1 fully saturated rings. The number of hydrogen-bond donors (Lipinski definition) is 2. The molecule has 2 aromatic rings. The number of anilines is 1. The third-order valence-corrected chi connectivity index (χ3v) is 4.83. The number of nitrogens with zero attached hydrogens (tertiary/aromatic N) is 1. The minimum absolute atomic E-state index is 0.0170. The summed E-state index contributed by atoms with van der Waals surface area (Å²) in [5.74, 6) is 0.0170. The summed E-state index contributed by atoms with van der Waals surface area (Å²) >= 11 is 7.51. The smallest absolute Gasteiger partial charge is 0.243 e. The highest BCUT2D eigenvalue weighted by Gasteiger charge is 2.21. The maximum atomic E-state index is 12.2. The summed E-state index contributed by atoms with van der Waals surface area (Å²) in [6.07, 6.45) is 5.73. The summed E-state index contributed by atoms with van der Waals surface area (Å²) in [5.41, 5.74) is 1.14. The van der Waals surface area contributed by atoms with Gasteiger partial charge < -0.3 is 10.6 Å². The first-order valence-corrected chi connectivity index (χ1v) is 8.63. The first-order valence-electron chi connectivity index (χ1n) is 7.44. The van der Waals surface area contributed by atoms with Crippen LogP contribution in [0.1, 0.15) is 29.7 Å². The molecule has 0 aliphatic carbocycles. The number of carbonyl (C=O) groups excluding carboxylic acids is 1. The van der Waals surface area contributed by atoms with Crippen molar-refractivity contribution < 1.29 is 4.79 Å². The maximum Gasteiger partial charge on any atom is 0.243 e. The Balaban J connectivity index is 1.60. The van der Waals surface area contributed by atoms with Gasteiger partial charge in [-0.15, -0.1) is 11.3 Å². The fraction of sp³-hybridized carbons (Fsp3) is 0.375. The van der Waals surface area contributed by atoms with Gasteiger partial charge in [0.15, 0.2) is 5.13 Å². The predicted octanol–water partition coefficient (Wildman–Crippen LogP) is 3.47. The number of thiazole rings is 1. The molecule has 1 unspecified atom stereocenters. The Labute approximate surface area is 138 Å². The minimum Gasteiger partial charge on any atom is -0.306 e. The number of piperidine rings is 1. The standard InChI is InChI=1S/C16H18ClN3OS/c17-12-5-3-4-11(8-12)9-13-10-19-16(22-13)20-15(21)14-6-1-2-7-18-14/h3-5,8,10,14,18H,1-2,6-7,9H2,(H,19,20,21). The largest absolute Gasteiger partial charge is 0.306 e. The van der Waals surface area contributed by atoms with Gasteiger partial charge in [-0.1, -0.05) is 30.2 Å². The molecule has 0 bridgehead atoms. The number of aromatic nitrogens is 1. The van der Waals surface area contributed by atoms with E-state index in [1.165, 1.54) is 11.3 Å². The topological polar surface area (TPSA) is 54.0 Å². The third-order valence-electron chi connectivity index (χ3n) is 3.68. The molecular formula is C16H18ClN3OS. The van der Waals surface area contributed by atoms with E-state index in [2.05, 4.69) is 15.6 Å². The van der Waals surface area contributed by atoms with Crippen molar-refractivity contribution in [1.29, 1.82) is 0 Å². The highest BCUT2D eigenvalue weighted by molar-refractivity contribution is 7.15. The van der Waals surface area contributed by atoms with Crippen LogP contribution in [0.5, 0.6) is 0 Å². The molecule has 1 atom stereocenters. The highest BCUT2D eigenvalue weighted by atomic mass is 35.5. The molecule has 2 N–H and O–H groups in total. The molecule has 1 aliphatic heterocycles. The van der Waals surface area contributed by atoms with Crippen molar-refractivity contribution in [3.63, 3.8) is 0 Å². The van der Waals surface area contributed by atoms with Gasteiger partial charge in [0.2, 0.25) is 5.91 Å². The van der Waals surface area contributed by atoms with Crippen molar-refractivity contribution >= 4 is 34.0 Å². The summed E-state index contributed by atoms with van der Waals surface area (Å²) in [7, 11) is 0. The molecule has 4 nitrogen and oxygen atoms in total. The number of amides is 1. The Morgan fingerprint density at radius 3 is 3.14 bits per heavy atom.